The minimum atomic E-state index is 0.0962. The van der Waals surface area contributed by atoms with Crippen molar-refractivity contribution in [2.75, 3.05) is 42.9 Å². The van der Waals surface area contributed by atoms with Crippen LogP contribution in [0.5, 0.6) is 0 Å². The molecule has 0 unspecified atom stereocenters. The van der Waals surface area contributed by atoms with Crippen LogP contribution in [0, 0.1) is 27.7 Å². The topological polar surface area (TPSA) is 35.6 Å². The molecule has 0 bridgehead atoms. The van der Waals surface area contributed by atoms with E-state index in [1.807, 2.05) is 19.1 Å². The normalized spacial score (nSPS) is 15.0. The fraction of sp³-hybridized carbons (Fsp3) is 0.435. The average Bonchev–Trinajstić information content (AvgIpc) is 2.65. The van der Waals surface area contributed by atoms with E-state index in [-0.39, 0.29) is 5.91 Å². The summed E-state index contributed by atoms with van der Waals surface area (Å²) in [5.41, 5.74) is 7.32. The summed E-state index contributed by atoms with van der Waals surface area (Å²) in [7, 11) is 0. The molecule has 0 radical (unpaired) electrons. The van der Waals surface area contributed by atoms with Crippen LogP contribution in [0.1, 0.15) is 28.7 Å². The third-order valence-corrected chi connectivity index (χ3v) is 5.60. The van der Waals surface area contributed by atoms with Crippen LogP contribution in [0.15, 0.2) is 36.4 Å². The van der Waals surface area contributed by atoms with Crippen molar-refractivity contribution in [3.8, 4) is 0 Å². The molecule has 0 atom stereocenters. The molecule has 27 heavy (non-hydrogen) atoms. The van der Waals surface area contributed by atoms with Gasteiger partial charge in [0, 0.05) is 50.5 Å². The molecule has 0 spiro atoms. The number of amides is 1. The lowest BCUT2D eigenvalue weighted by Crippen LogP contribution is -2.47. The lowest BCUT2D eigenvalue weighted by atomic mass is 10.1. The van der Waals surface area contributed by atoms with Gasteiger partial charge in [0.25, 0.3) is 0 Å². The van der Waals surface area contributed by atoms with Crippen LogP contribution in [0.3, 0.4) is 0 Å². The quantitative estimate of drug-likeness (QED) is 0.867. The summed E-state index contributed by atoms with van der Waals surface area (Å²) in [5, 5.41) is 3.05. The second kappa shape index (κ2) is 8.57. The van der Waals surface area contributed by atoms with E-state index in [0.717, 1.165) is 44.0 Å². The van der Waals surface area contributed by atoms with E-state index in [4.69, 9.17) is 0 Å². The maximum atomic E-state index is 12.3. The SMILES string of the molecule is Cc1ccc(NC(=O)CCN2CCN(c3cccc(C)c3C)CC2)c(C)c1. The first-order valence-corrected chi connectivity index (χ1v) is 9.84. The second-order valence-electron chi connectivity index (χ2n) is 7.66. The summed E-state index contributed by atoms with van der Waals surface area (Å²) < 4.78 is 0. The number of nitrogens with zero attached hydrogens (tertiary/aromatic N) is 2. The zero-order valence-electron chi connectivity index (χ0n) is 17.0. The van der Waals surface area contributed by atoms with E-state index in [9.17, 15) is 4.79 Å². The molecule has 4 heteroatoms. The fourth-order valence-corrected chi connectivity index (χ4v) is 3.72. The lowest BCUT2D eigenvalue weighted by molar-refractivity contribution is -0.116. The highest BCUT2D eigenvalue weighted by Gasteiger charge is 2.19. The van der Waals surface area contributed by atoms with Crippen molar-refractivity contribution in [3.05, 3.63) is 58.7 Å². The van der Waals surface area contributed by atoms with Gasteiger partial charge in [-0.25, -0.2) is 0 Å². The second-order valence-corrected chi connectivity index (χ2v) is 7.66. The largest absolute Gasteiger partial charge is 0.369 e. The van der Waals surface area contributed by atoms with Crippen LogP contribution in [0.4, 0.5) is 11.4 Å². The van der Waals surface area contributed by atoms with Gasteiger partial charge in [0.1, 0.15) is 0 Å². The molecule has 4 nitrogen and oxygen atoms in total. The summed E-state index contributed by atoms with van der Waals surface area (Å²) in [6, 6.07) is 12.7. The van der Waals surface area contributed by atoms with Crippen molar-refractivity contribution in [1.29, 1.82) is 0 Å². The first kappa shape index (κ1) is 19.4. The monoisotopic (exact) mass is 365 g/mol. The maximum absolute atomic E-state index is 12.3. The molecular weight excluding hydrogens is 334 g/mol. The molecule has 1 heterocycles. The summed E-state index contributed by atoms with van der Waals surface area (Å²) in [4.78, 5) is 17.2. The summed E-state index contributed by atoms with van der Waals surface area (Å²) in [6.07, 6.45) is 0.538. The number of hydrogen-bond donors (Lipinski definition) is 1. The molecule has 1 aliphatic heterocycles. The highest BCUT2D eigenvalue weighted by atomic mass is 16.1. The molecule has 1 amide bonds. The zero-order chi connectivity index (χ0) is 19.4. The summed E-state index contributed by atoms with van der Waals surface area (Å²) in [6.45, 7) is 13.3. The van der Waals surface area contributed by atoms with Gasteiger partial charge in [0.05, 0.1) is 0 Å². The van der Waals surface area contributed by atoms with Crippen molar-refractivity contribution in [2.45, 2.75) is 34.1 Å². The van der Waals surface area contributed by atoms with Crippen LogP contribution in [-0.2, 0) is 4.79 Å². The Hall–Kier alpha value is -2.33. The molecule has 0 aromatic heterocycles. The Balaban J connectivity index is 1.46. The van der Waals surface area contributed by atoms with Gasteiger partial charge < -0.3 is 10.2 Å². The maximum Gasteiger partial charge on any atom is 0.225 e. The van der Waals surface area contributed by atoms with Gasteiger partial charge in [-0.2, -0.15) is 0 Å². The Labute approximate surface area is 163 Å². The first-order valence-electron chi connectivity index (χ1n) is 9.84. The van der Waals surface area contributed by atoms with E-state index in [1.54, 1.807) is 0 Å². The first-order chi connectivity index (χ1) is 12.9. The van der Waals surface area contributed by atoms with Gasteiger partial charge in [-0.3, -0.25) is 9.69 Å². The Kier molecular flexibility index (Phi) is 6.17. The predicted molar refractivity (Wildman–Crippen MR) is 114 cm³/mol. The fourth-order valence-electron chi connectivity index (χ4n) is 3.72. The Morgan fingerprint density at radius 2 is 1.70 bits per heavy atom. The van der Waals surface area contributed by atoms with Crippen molar-refractivity contribution < 1.29 is 4.79 Å². The van der Waals surface area contributed by atoms with Crippen LogP contribution in [-0.4, -0.2) is 43.5 Å². The standard InChI is InChI=1S/C23H31N3O/c1-17-8-9-21(19(3)16-17)24-23(27)10-11-25-12-14-26(15-13-25)22-7-5-6-18(2)20(22)4/h5-9,16H,10-15H2,1-4H3,(H,24,27). The van der Waals surface area contributed by atoms with Gasteiger partial charge in [0.15, 0.2) is 0 Å². The Morgan fingerprint density at radius 1 is 0.963 bits per heavy atom. The van der Waals surface area contributed by atoms with Gasteiger partial charge in [0.2, 0.25) is 5.91 Å². The molecule has 2 aromatic rings. The number of nitrogens with one attached hydrogen (secondary N) is 1. The lowest BCUT2D eigenvalue weighted by Gasteiger charge is -2.37. The number of hydrogen-bond acceptors (Lipinski definition) is 3. The third-order valence-electron chi connectivity index (χ3n) is 5.60. The van der Waals surface area contributed by atoms with E-state index in [0.29, 0.717) is 6.42 Å². The smallest absolute Gasteiger partial charge is 0.225 e. The highest BCUT2D eigenvalue weighted by Crippen LogP contribution is 2.24. The third kappa shape index (κ3) is 4.89. The van der Waals surface area contributed by atoms with E-state index in [2.05, 4.69) is 60.2 Å². The van der Waals surface area contributed by atoms with E-state index < -0.39 is 0 Å². The molecule has 1 N–H and O–H groups in total. The van der Waals surface area contributed by atoms with Crippen molar-refractivity contribution in [2.24, 2.45) is 0 Å². The number of benzene rings is 2. The van der Waals surface area contributed by atoms with Crippen LogP contribution in [0.25, 0.3) is 0 Å². The molecule has 0 saturated carbocycles. The van der Waals surface area contributed by atoms with Gasteiger partial charge in [-0.15, -0.1) is 0 Å². The zero-order valence-corrected chi connectivity index (χ0v) is 17.0. The highest BCUT2D eigenvalue weighted by molar-refractivity contribution is 5.91. The molecule has 0 aliphatic carbocycles. The number of rotatable bonds is 5. The molecule has 1 saturated heterocycles. The number of anilines is 2. The molecule has 2 aromatic carbocycles. The molecular formula is C23H31N3O. The Morgan fingerprint density at radius 3 is 2.41 bits per heavy atom. The summed E-state index contributed by atoms with van der Waals surface area (Å²) >= 11 is 0. The average molecular weight is 366 g/mol. The van der Waals surface area contributed by atoms with Gasteiger partial charge in [-0.05, 0) is 56.5 Å². The van der Waals surface area contributed by atoms with E-state index >= 15 is 0 Å². The minimum absolute atomic E-state index is 0.0962. The molecule has 144 valence electrons. The molecule has 1 aliphatic rings. The van der Waals surface area contributed by atoms with Crippen molar-refractivity contribution in [1.82, 2.24) is 4.90 Å². The van der Waals surface area contributed by atoms with Crippen LogP contribution >= 0.6 is 0 Å². The van der Waals surface area contributed by atoms with Gasteiger partial charge in [-0.1, -0.05) is 29.8 Å². The van der Waals surface area contributed by atoms with Crippen molar-refractivity contribution in [3.63, 3.8) is 0 Å². The van der Waals surface area contributed by atoms with Crippen molar-refractivity contribution >= 4 is 17.3 Å². The number of carbonyl (C=O) groups is 1. The van der Waals surface area contributed by atoms with E-state index in [1.165, 1.54) is 22.4 Å². The predicted octanol–water partition coefficient (Wildman–Crippen LogP) is 4.07. The van der Waals surface area contributed by atoms with Crippen LogP contribution in [0.2, 0.25) is 0 Å². The van der Waals surface area contributed by atoms with Gasteiger partial charge >= 0.3 is 0 Å². The number of piperazine rings is 1. The minimum Gasteiger partial charge on any atom is -0.369 e. The Bertz CT molecular complexity index is 807. The summed E-state index contributed by atoms with van der Waals surface area (Å²) in [5.74, 6) is 0.0962. The number of carbonyl (C=O) groups excluding carboxylic acids is 1. The number of aryl methyl sites for hydroxylation is 3. The molecule has 3 rings (SSSR count). The van der Waals surface area contributed by atoms with Crippen LogP contribution < -0.4 is 10.2 Å². The molecule has 1 fully saturated rings.